The molecule has 1 unspecified atom stereocenters. The summed E-state index contributed by atoms with van der Waals surface area (Å²) in [5.41, 5.74) is 6.73. The molecule has 0 aliphatic heterocycles. The maximum absolute atomic E-state index is 13.7. The number of nitrogens with two attached hydrogens (primary N) is 1. The Labute approximate surface area is 124 Å². The van der Waals surface area contributed by atoms with Crippen molar-refractivity contribution < 1.29 is 13.5 Å². The minimum absolute atomic E-state index is 0.148. The molecule has 0 aromatic heterocycles. The number of hydrogen-bond donors (Lipinski definition) is 1. The van der Waals surface area contributed by atoms with Crippen molar-refractivity contribution in [2.75, 3.05) is 0 Å². The van der Waals surface area contributed by atoms with E-state index in [1.165, 1.54) is 12.1 Å². The van der Waals surface area contributed by atoms with Crippen LogP contribution in [0.4, 0.5) is 8.78 Å². The van der Waals surface area contributed by atoms with Gasteiger partial charge >= 0.3 is 0 Å². The first-order chi connectivity index (χ1) is 9.49. The predicted molar refractivity (Wildman–Crippen MR) is 77.4 cm³/mol. The van der Waals surface area contributed by atoms with E-state index in [1.54, 1.807) is 31.2 Å². The molecule has 0 fully saturated rings. The van der Waals surface area contributed by atoms with Crippen LogP contribution in [0.2, 0.25) is 0 Å². The lowest BCUT2D eigenvalue weighted by Gasteiger charge is -2.11. The van der Waals surface area contributed by atoms with Crippen molar-refractivity contribution in [3.8, 4) is 5.75 Å². The van der Waals surface area contributed by atoms with E-state index in [4.69, 9.17) is 10.5 Å². The molecule has 0 radical (unpaired) electrons. The monoisotopic (exact) mass is 341 g/mol. The zero-order valence-electron chi connectivity index (χ0n) is 10.9. The SMILES string of the molecule is CC(N)c1ccc(OCc2cccc(F)c2Br)cc1F. The number of benzene rings is 2. The van der Waals surface area contributed by atoms with Gasteiger partial charge in [-0.05, 0) is 35.0 Å². The number of rotatable bonds is 4. The van der Waals surface area contributed by atoms with Crippen LogP contribution < -0.4 is 10.5 Å². The van der Waals surface area contributed by atoms with Gasteiger partial charge in [0.15, 0.2) is 0 Å². The van der Waals surface area contributed by atoms with Crippen LogP contribution in [-0.2, 0) is 6.61 Å². The summed E-state index contributed by atoms with van der Waals surface area (Å²) in [5.74, 6) is -0.386. The van der Waals surface area contributed by atoms with Crippen molar-refractivity contribution in [3.05, 3.63) is 63.6 Å². The molecule has 0 spiro atoms. The third-order valence-electron chi connectivity index (χ3n) is 2.89. The largest absolute Gasteiger partial charge is 0.489 e. The van der Waals surface area contributed by atoms with Gasteiger partial charge in [0.05, 0.1) is 4.47 Å². The quantitative estimate of drug-likeness (QED) is 0.898. The Morgan fingerprint density at radius 3 is 2.60 bits per heavy atom. The molecule has 0 bridgehead atoms. The standard InChI is InChI=1S/C15H14BrF2NO/c1-9(19)12-6-5-11(7-14(12)18)20-8-10-3-2-4-13(17)15(10)16/h2-7,9H,8,19H2,1H3. The van der Waals surface area contributed by atoms with Crippen molar-refractivity contribution in [1.82, 2.24) is 0 Å². The van der Waals surface area contributed by atoms with E-state index >= 15 is 0 Å². The lowest BCUT2D eigenvalue weighted by atomic mass is 10.1. The van der Waals surface area contributed by atoms with Gasteiger partial charge in [0, 0.05) is 23.2 Å². The van der Waals surface area contributed by atoms with Crippen molar-refractivity contribution >= 4 is 15.9 Å². The summed E-state index contributed by atoms with van der Waals surface area (Å²) in [5, 5.41) is 0. The Kier molecular flexibility index (Phi) is 4.73. The Hall–Kier alpha value is -1.46. The summed E-state index contributed by atoms with van der Waals surface area (Å²) in [4.78, 5) is 0. The smallest absolute Gasteiger partial charge is 0.137 e. The highest BCUT2D eigenvalue weighted by Gasteiger charge is 2.09. The van der Waals surface area contributed by atoms with Crippen molar-refractivity contribution in [1.29, 1.82) is 0 Å². The Morgan fingerprint density at radius 1 is 1.20 bits per heavy atom. The van der Waals surface area contributed by atoms with E-state index in [0.29, 0.717) is 21.3 Å². The number of ether oxygens (including phenoxy) is 1. The second-order valence-corrected chi connectivity index (χ2v) is 5.27. The fraction of sp³-hybridized carbons (Fsp3) is 0.200. The van der Waals surface area contributed by atoms with Gasteiger partial charge in [0.1, 0.15) is 24.0 Å². The van der Waals surface area contributed by atoms with Crippen molar-refractivity contribution in [3.63, 3.8) is 0 Å². The van der Waals surface area contributed by atoms with E-state index in [9.17, 15) is 8.78 Å². The minimum Gasteiger partial charge on any atom is -0.489 e. The highest BCUT2D eigenvalue weighted by atomic mass is 79.9. The van der Waals surface area contributed by atoms with Crippen molar-refractivity contribution in [2.45, 2.75) is 19.6 Å². The van der Waals surface area contributed by atoms with Gasteiger partial charge in [-0.1, -0.05) is 18.2 Å². The van der Waals surface area contributed by atoms with Gasteiger partial charge in [-0.2, -0.15) is 0 Å². The molecule has 0 amide bonds. The van der Waals surface area contributed by atoms with E-state index in [1.807, 2.05) is 0 Å². The Bertz CT molecular complexity index is 617. The van der Waals surface area contributed by atoms with E-state index in [0.717, 1.165) is 0 Å². The van der Waals surface area contributed by atoms with Crippen LogP contribution in [0.1, 0.15) is 24.1 Å². The summed E-state index contributed by atoms with van der Waals surface area (Å²) >= 11 is 3.15. The molecule has 0 saturated heterocycles. The zero-order chi connectivity index (χ0) is 14.7. The summed E-state index contributed by atoms with van der Waals surface area (Å²) in [7, 11) is 0. The maximum Gasteiger partial charge on any atom is 0.137 e. The van der Waals surface area contributed by atoms with E-state index in [2.05, 4.69) is 15.9 Å². The van der Waals surface area contributed by atoms with Gasteiger partial charge in [-0.15, -0.1) is 0 Å². The first-order valence-corrected chi connectivity index (χ1v) is 6.89. The molecule has 20 heavy (non-hydrogen) atoms. The van der Waals surface area contributed by atoms with Gasteiger partial charge in [0.25, 0.3) is 0 Å². The molecule has 2 aromatic rings. The predicted octanol–water partition coefficient (Wildman–Crippen LogP) is 4.33. The summed E-state index contributed by atoms with van der Waals surface area (Å²) < 4.78 is 32.9. The van der Waals surface area contributed by atoms with E-state index < -0.39 is 5.82 Å². The molecule has 2 rings (SSSR count). The molecule has 2 aromatic carbocycles. The van der Waals surface area contributed by atoms with Crippen LogP contribution in [0.15, 0.2) is 40.9 Å². The zero-order valence-corrected chi connectivity index (χ0v) is 12.5. The van der Waals surface area contributed by atoms with Crippen LogP contribution in [0, 0.1) is 11.6 Å². The van der Waals surface area contributed by atoms with Crippen LogP contribution in [-0.4, -0.2) is 0 Å². The van der Waals surface area contributed by atoms with Crippen molar-refractivity contribution in [2.24, 2.45) is 5.73 Å². The summed E-state index contributed by atoms with van der Waals surface area (Å²) in [6.07, 6.45) is 0. The number of halogens is 3. The third kappa shape index (κ3) is 3.35. The lowest BCUT2D eigenvalue weighted by molar-refractivity contribution is 0.302. The average molecular weight is 342 g/mol. The van der Waals surface area contributed by atoms with Crippen LogP contribution in [0.25, 0.3) is 0 Å². The highest BCUT2D eigenvalue weighted by molar-refractivity contribution is 9.10. The average Bonchev–Trinajstić information content (AvgIpc) is 2.40. The van der Waals surface area contributed by atoms with Gasteiger partial charge in [0.2, 0.25) is 0 Å². The minimum atomic E-state index is -0.407. The van der Waals surface area contributed by atoms with Crippen LogP contribution in [0.5, 0.6) is 5.75 Å². The molecule has 0 heterocycles. The molecule has 0 aliphatic rings. The molecule has 2 nitrogen and oxygen atoms in total. The fourth-order valence-corrected chi connectivity index (χ4v) is 2.17. The van der Waals surface area contributed by atoms with Crippen LogP contribution >= 0.6 is 15.9 Å². The first-order valence-electron chi connectivity index (χ1n) is 6.09. The highest BCUT2D eigenvalue weighted by Crippen LogP contribution is 2.24. The molecule has 0 saturated carbocycles. The molecular weight excluding hydrogens is 328 g/mol. The molecule has 106 valence electrons. The fourth-order valence-electron chi connectivity index (χ4n) is 1.79. The number of hydrogen-bond acceptors (Lipinski definition) is 2. The molecule has 0 aliphatic carbocycles. The second kappa shape index (κ2) is 6.33. The normalized spacial score (nSPS) is 12.2. The topological polar surface area (TPSA) is 35.2 Å². The van der Waals surface area contributed by atoms with E-state index in [-0.39, 0.29) is 18.5 Å². The van der Waals surface area contributed by atoms with Crippen LogP contribution in [0.3, 0.4) is 0 Å². The van der Waals surface area contributed by atoms with Gasteiger partial charge < -0.3 is 10.5 Å². The molecule has 5 heteroatoms. The Morgan fingerprint density at radius 2 is 1.95 bits per heavy atom. The summed E-state index contributed by atoms with van der Waals surface area (Å²) in [6.45, 7) is 1.86. The third-order valence-corrected chi connectivity index (χ3v) is 3.78. The molecule has 1 atom stereocenters. The maximum atomic E-state index is 13.7. The van der Waals surface area contributed by atoms with Gasteiger partial charge in [-0.25, -0.2) is 8.78 Å². The first kappa shape index (κ1) is 14.9. The molecule has 2 N–H and O–H groups in total. The van der Waals surface area contributed by atoms with Gasteiger partial charge in [-0.3, -0.25) is 0 Å². The summed E-state index contributed by atoms with van der Waals surface area (Å²) in [6, 6.07) is 8.83. The Balaban J connectivity index is 2.11. The lowest BCUT2D eigenvalue weighted by Crippen LogP contribution is -2.07. The molecular formula is C15H14BrF2NO. The second-order valence-electron chi connectivity index (χ2n) is 4.47.